The number of nitrogens with one attached hydrogen (secondary N) is 1. The summed E-state index contributed by atoms with van der Waals surface area (Å²) in [6.45, 7) is 3.42. The third kappa shape index (κ3) is 6.49. The number of nitrogens with zero attached hydrogens (tertiary/aromatic N) is 1. The van der Waals surface area contributed by atoms with Crippen LogP contribution in [0.25, 0.3) is 6.08 Å². The van der Waals surface area contributed by atoms with Gasteiger partial charge in [-0.15, -0.1) is 11.3 Å². The molecule has 0 aliphatic rings. The number of hydrogen-bond donors (Lipinski definition) is 1. The Morgan fingerprint density at radius 3 is 2.56 bits per heavy atom. The molecule has 9 heteroatoms. The van der Waals surface area contributed by atoms with E-state index in [0.29, 0.717) is 17.7 Å². The normalized spacial score (nSPS) is 11.7. The van der Waals surface area contributed by atoms with Gasteiger partial charge in [-0.05, 0) is 43.0 Å². The summed E-state index contributed by atoms with van der Waals surface area (Å²) in [6.07, 6.45) is 1.42. The number of sulfonamides is 1. The van der Waals surface area contributed by atoms with Gasteiger partial charge >= 0.3 is 5.97 Å². The molecule has 0 bridgehead atoms. The molecule has 32 heavy (non-hydrogen) atoms. The fourth-order valence-corrected chi connectivity index (χ4v) is 4.54. The van der Waals surface area contributed by atoms with Crippen LogP contribution in [0.2, 0.25) is 0 Å². The van der Waals surface area contributed by atoms with Crippen LogP contribution in [0.15, 0.2) is 59.3 Å². The van der Waals surface area contributed by atoms with Crippen molar-refractivity contribution in [3.8, 4) is 0 Å². The van der Waals surface area contributed by atoms with Crippen molar-refractivity contribution in [2.75, 3.05) is 13.2 Å². The van der Waals surface area contributed by atoms with E-state index >= 15 is 0 Å². The minimum Gasteiger partial charge on any atom is -0.456 e. The van der Waals surface area contributed by atoms with Crippen LogP contribution in [-0.2, 0) is 26.1 Å². The first-order valence-corrected chi connectivity index (χ1v) is 12.3. The van der Waals surface area contributed by atoms with Crippen LogP contribution in [0.5, 0.6) is 0 Å². The minimum absolute atomic E-state index is 0.337. The van der Waals surface area contributed by atoms with Crippen LogP contribution in [0, 0.1) is 13.8 Å². The Morgan fingerprint density at radius 1 is 1.12 bits per heavy atom. The molecule has 0 aliphatic carbocycles. The van der Waals surface area contributed by atoms with E-state index in [2.05, 4.69) is 4.72 Å². The Labute approximate surface area is 191 Å². The van der Waals surface area contributed by atoms with E-state index in [-0.39, 0.29) is 5.78 Å². The van der Waals surface area contributed by atoms with Crippen LogP contribution in [0.1, 0.15) is 32.2 Å². The standard InChI is InChI=1S/C23H24N2O5S2/c1-17-13-21(18(2)25(17)15-20-9-6-11-31-20)22(26)16-30-23(27)14-24-32(28,29)12-10-19-7-4-3-5-8-19/h3-13,24H,14-16H2,1-2H3/b12-10-. The first kappa shape index (κ1) is 23.6. The molecule has 0 saturated heterocycles. The highest BCUT2D eigenvalue weighted by atomic mass is 32.2. The molecular weight excluding hydrogens is 448 g/mol. The van der Waals surface area contributed by atoms with Crippen LogP contribution in [-0.4, -0.2) is 37.9 Å². The molecular formula is C23H24N2O5S2. The average molecular weight is 473 g/mol. The maximum Gasteiger partial charge on any atom is 0.321 e. The van der Waals surface area contributed by atoms with Gasteiger partial charge in [-0.1, -0.05) is 36.4 Å². The highest BCUT2D eigenvalue weighted by molar-refractivity contribution is 7.92. The Hall–Kier alpha value is -3.01. The lowest BCUT2D eigenvalue weighted by atomic mass is 10.1. The highest BCUT2D eigenvalue weighted by Crippen LogP contribution is 2.19. The number of Topliss-reactive ketones (excluding diaryl/α,β-unsaturated/α-hetero) is 1. The quantitative estimate of drug-likeness (QED) is 0.360. The second-order valence-corrected chi connectivity index (χ2v) is 9.80. The molecule has 0 amide bonds. The SMILES string of the molecule is Cc1cc(C(=O)COC(=O)CNS(=O)(=O)/C=C\c2ccccc2)c(C)n1Cc1cccs1. The van der Waals surface area contributed by atoms with E-state index in [1.54, 1.807) is 41.7 Å². The zero-order valence-electron chi connectivity index (χ0n) is 17.8. The molecule has 0 atom stereocenters. The minimum atomic E-state index is -3.82. The second kappa shape index (κ2) is 10.5. The van der Waals surface area contributed by atoms with Gasteiger partial charge < -0.3 is 9.30 Å². The van der Waals surface area contributed by atoms with E-state index in [0.717, 1.165) is 16.8 Å². The molecule has 2 aromatic heterocycles. The molecule has 0 spiro atoms. The number of thiophene rings is 1. The highest BCUT2D eigenvalue weighted by Gasteiger charge is 2.18. The lowest BCUT2D eigenvalue weighted by molar-refractivity contribution is -0.141. The van der Waals surface area contributed by atoms with Crippen LogP contribution in [0.3, 0.4) is 0 Å². The Morgan fingerprint density at radius 2 is 1.88 bits per heavy atom. The number of ether oxygens (including phenoxy) is 1. The Balaban J connectivity index is 1.51. The number of aromatic nitrogens is 1. The van der Waals surface area contributed by atoms with E-state index in [4.69, 9.17) is 4.74 Å². The maximum absolute atomic E-state index is 12.6. The number of carbonyl (C=O) groups is 2. The predicted molar refractivity (Wildman–Crippen MR) is 125 cm³/mol. The van der Waals surface area contributed by atoms with Crippen molar-refractivity contribution in [3.05, 3.63) is 86.7 Å². The van der Waals surface area contributed by atoms with Gasteiger partial charge in [0, 0.05) is 27.2 Å². The van der Waals surface area contributed by atoms with Crippen LogP contribution in [0.4, 0.5) is 0 Å². The summed E-state index contributed by atoms with van der Waals surface area (Å²) in [7, 11) is -3.82. The molecule has 2 heterocycles. The van der Waals surface area contributed by atoms with Crippen molar-refractivity contribution in [2.45, 2.75) is 20.4 Å². The lowest BCUT2D eigenvalue weighted by Crippen LogP contribution is -2.30. The third-order valence-electron chi connectivity index (χ3n) is 4.79. The maximum atomic E-state index is 12.6. The summed E-state index contributed by atoms with van der Waals surface area (Å²) in [6, 6.07) is 14.7. The number of esters is 1. The van der Waals surface area contributed by atoms with Gasteiger partial charge in [-0.2, -0.15) is 0 Å². The fourth-order valence-electron chi connectivity index (χ4n) is 3.10. The topological polar surface area (TPSA) is 94.5 Å². The molecule has 7 nitrogen and oxygen atoms in total. The first-order valence-electron chi connectivity index (χ1n) is 9.86. The number of hydrogen-bond acceptors (Lipinski definition) is 6. The molecule has 0 aliphatic heterocycles. The largest absolute Gasteiger partial charge is 0.456 e. The summed E-state index contributed by atoms with van der Waals surface area (Å²) >= 11 is 1.64. The van der Waals surface area contributed by atoms with Gasteiger partial charge in [0.1, 0.15) is 6.54 Å². The Kier molecular flexibility index (Phi) is 7.79. The molecule has 3 rings (SSSR count). The second-order valence-electron chi connectivity index (χ2n) is 7.11. The fraction of sp³-hybridized carbons (Fsp3) is 0.217. The number of rotatable bonds is 10. The summed E-state index contributed by atoms with van der Waals surface area (Å²) < 4.78 is 33.2. The van der Waals surface area contributed by atoms with Crippen LogP contribution >= 0.6 is 11.3 Å². The molecule has 1 aromatic carbocycles. The van der Waals surface area contributed by atoms with Crippen molar-refractivity contribution in [1.82, 2.24) is 9.29 Å². The van der Waals surface area contributed by atoms with Gasteiger partial charge in [0.15, 0.2) is 6.61 Å². The molecule has 3 aromatic rings. The molecule has 0 radical (unpaired) electrons. The molecule has 0 fully saturated rings. The van der Waals surface area contributed by atoms with Gasteiger partial charge in [-0.3, -0.25) is 9.59 Å². The zero-order valence-corrected chi connectivity index (χ0v) is 19.4. The van der Waals surface area contributed by atoms with E-state index in [9.17, 15) is 18.0 Å². The summed E-state index contributed by atoms with van der Waals surface area (Å²) in [5.74, 6) is -1.17. The Bertz CT molecular complexity index is 1210. The monoisotopic (exact) mass is 472 g/mol. The molecule has 0 unspecified atom stereocenters. The third-order valence-corrected chi connectivity index (χ3v) is 6.69. The number of carbonyl (C=O) groups excluding carboxylic acids is 2. The summed E-state index contributed by atoms with van der Waals surface area (Å²) in [5.41, 5.74) is 2.92. The first-order chi connectivity index (χ1) is 15.2. The van der Waals surface area contributed by atoms with Crippen molar-refractivity contribution in [2.24, 2.45) is 0 Å². The number of benzene rings is 1. The zero-order chi connectivity index (χ0) is 23.1. The lowest BCUT2D eigenvalue weighted by Gasteiger charge is -2.08. The van der Waals surface area contributed by atoms with Crippen molar-refractivity contribution >= 4 is 39.2 Å². The van der Waals surface area contributed by atoms with Crippen LogP contribution < -0.4 is 4.72 Å². The van der Waals surface area contributed by atoms with Gasteiger partial charge in [0.2, 0.25) is 15.8 Å². The molecule has 0 saturated carbocycles. The van der Waals surface area contributed by atoms with E-state index < -0.39 is 29.1 Å². The van der Waals surface area contributed by atoms with Gasteiger partial charge in [0.25, 0.3) is 0 Å². The summed E-state index contributed by atoms with van der Waals surface area (Å²) in [5, 5.41) is 2.98. The number of aryl methyl sites for hydroxylation is 1. The predicted octanol–water partition coefficient (Wildman–Crippen LogP) is 3.53. The van der Waals surface area contributed by atoms with Crippen molar-refractivity contribution in [3.63, 3.8) is 0 Å². The molecule has 168 valence electrons. The van der Waals surface area contributed by atoms with E-state index in [1.807, 2.05) is 42.0 Å². The summed E-state index contributed by atoms with van der Waals surface area (Å²) in [4.78, 5) is 25.7. The van der Waals surface area contributed by atoms with Gasteiger partial charge in [-0.25, -0.2) is 13.1 Å². The van der Waals surface area contributed by atoms with Crippen molar-refractivity contribution in [1.29, 1.82) is 0 Å². The van der Waals surface area contributed by atoms with Crippen molar-refractivity contribution < 1.29 is 22.7 Å². The molecule has 1 N–H and O–H groups in total. The average Bonchev–Trinajstić information content (AvgIpc) is 3.39. The number of ketones is 1. The van der Waals surface area contributed by atoms with Gasteiger partial charge in [0.05, 0.1) is 6.54 Å². The van der Waals surface area contributed by atoms with E-state index in [1.165, 1.54) is 11.0 Å². The smallest absolute Gasteiger partial charge is 0.321 e.